The molecule has 9 heteroatoms. The minimum absolute atomic E-state index is 0.0458. The lowest BCUT2D eigenvalue weighted by atomic mass is 10.1. The molecule has 0 fully saturated rings. The van der Waals surface area contributed by atoms with Gasteiger partial charge >= 0.3 is 11.9 Å². The van der Waals surface area contributed by atoms with Crippen LogP contribution in [0.1, 0.15) is 34.6 Å². The fourth-order valence-electron chi connectivity index (χ4n) is 2.79. The van der Waals surface area contributed by atoms with Crippen molar-refractivity contribution in [2.24, 2.45) is 0 Å². The molecule has 0 saturated heterocycles. The molecule has 2 N–H and O–H groups in total. The third-order valence-corrected chi connectivity index (χ3v) is 4.49. The maximum absolute atomic E-state index is 13.0. The van der Waals surface area contributed by atoms with Gasteiger partial charge in [-0.25, -0.2) is 14.5 Å². The fraction of sp³-hybridized carbons (Fsp3) is 0.143. The molecule has 3 rings (SSSR count). The first-order valence-electron chi connectivity index (χ1n) is 8.89. The number of para-hydroxylation sites is 1. The average Bonchev–Trinajstić information content (AvgIpc) is 2.91. The molecule has 0 unspecified atom stereocenters. The largest absolute Gasteiger partial charge is 0.478 e. The molecule has 0 radical (unpaired) electrons. The number of imide groups is 1. The third kappa shape index (κ3) is 4.04. The monoisotopic (exact) mass is 428 g/mol. The topological polar surface area (TPSA) is 113 Å². The Labute approximate surface area is 176 Å². The third-order valence-electron chi connectivity index (χ3n) is 4.14. The van der Waals surface area contributed by atoms with Crippen molar-refractivity contribution in [3.8, 4) is 0 Å². The van der Waals surface area contributed by atoms with E-state index in [0.717, 1.165) is 4.90 Å². The Bertz CT molecular complexity index is 1080. The second kappa shape index (κ2) is 8.38. The van der Waals surface area contributed by atoms with Gasteiger partial charge in [0.1, 0.15) is 10.7 Å². The molecule has 1 aliphatic heterocycles. The van der Waals surface area contributed by atoms with Crippen molar-refractivity contribution in [1.82, 2.24) is 0 Å². The van der Waals surface area contributed by atoms with Crippen molar-refractivity contribution in [3.63, 3.8) is 0 Å². The Morgan fingerprint density at radius 3 is 2.27 bits per heavy atom. The first-order chi connectivity index (χ1) is 14.2. The number of esters is 1. The number of carboxylic acids is 1. The molecule has 0 saturated carbocycles. The Balaban J connectivity index is 1.91. The van der Waals surface area contributed by atoms with Gasteiger partial charge in [-0.3, -0.25) is 9.59 Å². The molecular weight excluding hydrogens is 412 g/mol. The SMILES string of the molecule is CC(C)OC(=O)c1ccccc1N1C(=O)C(Cl)=C(Nc2ccc(C(=O)O)cc2)C1=O. The van der Waals surface area contributed by atoms with Crippen molar-refractivity contribution < 1.29 is 29.0 Å². The van der Waals surface area contributed by atoms with Crippen LogP contribution in [0.25, 0.3) is 0 Å². The van der Waals surface area contributed by atoms with E-state index in [1.54, 1.807) is 26.0 Å². The number of carbonyl (C=O) groups excluding carboxylic acids is 3. The van der Waals surface area contributed by atoms with Crippen LogP contribution >= 0.6 is 11.6 Å². The van der Waals surface area contributed by atoms with Crippen molar-refractivity contribution in [2.75, 3.05) is 10.2 Å². The number of amides is 2. The van der Waals surface area contributed by atoms with E-state index in [1.165, 1.54) is 36.4 Å². The van der Waals surface area contributed by atoms with E-state index in [2.05, 4.69) is 5.32 Å². The van der Waals surface area contributed by atoms with E-state index in [-0.39, 0.29) is 33.6 Å². The molecule has 154 valence electrons. The van der Waals surface area contributed by atoms with E-state index in [1.807, 2.05) is 0 Å². The van der Waals surface area contributed by atoms with Crippen molar-refractivity contribution in [3.05, 3.63) is 70.4 Å². The Morgan fingerprint density at radius 1 is 1.03 bits per heavy atom. The number of halogens is 1. The van der Waals surface area contributed by atoms with Gasteiger partial charge in [-0.15, -0.1) is 0 Å². The van der Waals surface area contributed by atoms with E-state index >= 15 is 0 Å². The number of nitrogens with one attached hydrogen (secondary N) is 1. The highest BCUT2D eigenvalue weighted by atomic mass is 35.5. The molecule has 0 atom stereocenters. The number of carbonyl (C=O) groups is 4. The van der Waals surface area contributed by atoms with Crippen LogP contribution in [0.2, 0.25) is 0 Å². The van der Waals surface area contributed by atoms with E-state index in [4.69, 9.17) is 21.4 Å². The number of aromatic carboxylic acids is 1. The summed E-state index contributed by atoms with van der Waals surface area (Å²) in [5, 5.41) is 11.4. The van der Waals surface area contributed by atoms with Crippen molar-refractivity contribution in [2.45, 2.75) is 20.0 Å². The first kappa shape index (κ1) is 21.1. The number of benzene rings is 2. The summed E-state index contributed by atoms with van der Waals surface area (Å²) in [6.45, 7) is 3.37. The minimum Gasteiger partial charge on any atom is -0.478 e. The summed E-state index contributed by atoms with van der Waals surface area (Å²) in [5.41, 5.74) is 0.341. The van der Waals surface area contributed by atoms with Gasteiger partial charge in [-0.05, 0) is 50.2 Å². The second-order valence-electron chi connectivity index (χ2n) is 6.61. The van der Waals surface area contributed by atoms with Crippen LogP contribution in [0.3, 0.4) is 0 Å². The highest BCUT2D eigenvalue weighted by molar-refractivity contribution is 6.53. The fourth-order valence-corrected chi connectivity index (χ4v) is 3.00. The van der Waals surface area contributed by atoms with Gasteiger partial charge in [0.15, 0.2) is 0 Å². The normalized spacial score (nSPS) is 13.8. The van der Waals surface area contributed by atoms with Crippen LogP contribution in [0, 0.1) is 0 Å². The van der Waals surface area contributed by atoms with E-state index in [9.17, 15) is 19.2 Å². The van der Waals surface area contributed by atoms with Crippen LogP contribution in [0.4, 0.5) is 11.4 Å². The summed E-state index contributed by atoms with van der Waals surface area (Å²) in [7, 11) is 0. The van der Waals surface area contributed by atoms with Gasteiger partial charge in [0.05, 0.1) is 22.9 Å². The number of ether oxygens (including phenoxy) is 1. The molecule has 1 heterocycles. The standard InChI is InChI=1S/C21H17ClN2O6/c1-11(2)30-21(29)14-5-3-4-6-15(14)24-18(25)16(22)17(19(24)26)23-13-9-7-12(8-10-13)20(27)28/h3-11,23H,1-2H3,(H,27,28). The molecule has 0 spiro atoms. The minimum atomic E-state index is -1.10. The Hall–Kier alpha value is -3.65. The molecule has 2 amide bonds. The Kier molecular flexibility index (Phi) is 5.89. The number of rotatable bonds is 6. The van der Waals surface area contributed by atoms with Gasteiger partial charge < -0.3 is 15.2 Å². The first-order valence-corrected chi connectivity index (χ1v) is 9.27. The molecule has 30 heavy (non-hydrogen) atoms. The Morgan fingerprint density at radius 2 is 1.67 bits per heavy atom. The molecular formula is C21H17ClN2O6. The summed E-state index contributed by atoms with van der Waals surface area (Å²) >= 11 is 6.11. The summed E-state index contributed by atoms with van der Waals surface area (Å²) in [6, 6.07) is 11.6. The summed E-state index contributed by atoms with van der Waals surface area (Å²) in [6.07, 6.45) is -0.386. The number of nitrogens with zero attached hydrogens (tertiary/aromatic N) is 1. The van der Waals surface area contributed by atoms with Crippen LogP contribution in [0.15, 0.2) is 59.3 Å². The number of carboxylic acid groups (broad SMARTS) is 1. The summed E-state index contributed by atoms with van der Waals surface area (Å²) in [5.74, 6) is -3.32. The van der Waals surface area contributed by atoms with Crippen molar-refractivity contribution in [1.29, 1.82) is 0 Å². The lowest BCUT2D eigenvalue weighted by Crippen LogP contribution is -2.33. The van der Waals surface area contributed by atoms with Crippen LogP contribution in [-0.4, -0.2) is 35.0 Å². The predicted molar refractivity (Wildman–Crippen MR) is 109 cm³/mol. The van der Waals surface area contributed by atoms with Gasteiger partial charge in [0.25, 0.3) is 11.8 Å². The smallest absolute Gasteiger partial charge is 0.340 e. The number of anilines is 2. The highest BCUT2D eigenvalue weighted by Gasteiger charge is 2.40. The lowest BCUT2D eigenvalue weighted by Gasteiger charge is -2.19. The molecule has 0 bridgehead atoms. The van der Waals surface area contributed by atoms with Crippen LogP contribution in [-0.2, 0) is 14.3 Å². The molecule has 0 aliphatic carbocycles. The summed E-state index contributed by atoms with van der Waals surface area (Å²) in [4.78, 5) is 49.8. The summed E-state index contributed by atoms with van der Waals surface area (Å²) < 4.78 is 5.19. The van der Waals surface area contributed by atoms with Crippen LogP contribution in [0.5, 0.6) is 0 Å². The molecule has 1 aliphatic rings. The van der Waals surface area contributed by atoms with Crippen molar-refractivity contribution >= 4 is 46.7 Å². The maximum atomic E-state index is 13.0. The quantitative estimate of drug-likeness (QED) is 0.535. The number of hydrogen-bond donors (Lipinski definition) is 2. The van der Waals surface area contributed by atoms with Gasteiger partial charge in [-0.2, -0.15) is 0 Å². The van der Waals surface area contributed by atoms with E-state index in [0.29, 0.717) is 5.69 Å². The van der Waals surface area contributed by atoms with Gasteiger partial charge in [0, 0.05) is 5.69 Å². The zero-order valence-electron chi connectivity index (χ0n) is 16.0. The predicted octanol–water partition coefficient (Wildman–Crippen LogP) is 3.39. The zero-order valence-corrected chi connectivity index (χ0v) is 16.8. The number of hydrogen-bond acceptors (Lipinski definition) is 6. The molecule has 0 aromatic heterocycles. The van der Waals surface area contributed by atoms with E-state index < -0.39 is 23.8 Å². The van der Waals surface area contributed by atoms with Gasteiger partial charge in [-0.1, -0.05) is 23.7 Å². The van der Waals surface area contributed by atoms with Gasteiger partial charge in [0.2, 0.25) is 0 Å². The average molecular weight is 429 g/mol. The molecule has 2 aromatic rings. The molecule has 8 nitrogen and oxygen atoms in total. The molecule has 2 aromatic carbocycles. The zero-order chi connectivity index (χ0) is 22.0. The second-order valence-corrected chi connectivity index (χ2v) is 6.99. The maximum Gasteiger partial charge on any atom is 0.340 e. The van der Waals surface area contributed by atoms with Crippen LogP contribution < -0.4 is 10.2 Å². The lowest BCUT2D eigenvalue weighted by molar-refractivity contribution is -0.120. The highest BCUT2D eigenvalue weighted by Crippen LogP contribution is 2.32.